The molecule has 0 saturated carbocycles. The molecule has 1 unspecified atom stereocenters. The highest BCUT2D eigenvalue weighted by molar-refractivity contribution is 5.90. The van der Waals surface area contributed by atoms with Crippen LogP contribution in [-0.4, -0.2) is 37.5 Å². The Balaban J connectivity index is 0.00000162. The van der Waals surface area contributed by atoms with Gasteiger partial charge in [-0.15, -0.1) is 12.4 Å². The molecule has 5 nitrogen and oxygen atoms in total. The van der Waals surface area contributed by atoms with Crippen molar-refractivity contribution in [3.8, 4) is 0 Å². The average molecular weight is 276 g/mol. The fraction of sp³-hybridized carbons (Fsp3) is 0.833. The second-order valence-electron chi connectivity index (χ2n) is 5.44. The zero-order chi connectivity index (χ0) is 12.3. The van der Waals surface area contributed by atoms with Crippen molar-refractivity contribution in [3.05, 3.63) is 0 Å². The van der Waals surface area contributed by atoms with Gasteiger partial charge in [-0.25, -0.2) is 0 Å². The summed E-state index contributed by atoms with van der Waals surface area (Å²) in [7, 11) is 0. The third kappa shape index (κ3) is 3.85. The van der Waals surface area contributed by atoms with Crippen LogP contribution >= 0.6 is 12.4 Å². The molecular formula is C12H22ClN3O2. The van der Waals surface area contributed by atoms with Crippen LogP contribution in [0, 0.1) is 5.41 Å². The van der Waals surface area contributed by atoms with Crippen molar-refractivity contribution in [2.75, 3.05) is 19.6 Å². The molecule has 0 aromatic heterocycles. The summed E-state index contributed by atoms with van der Waals surface area (Å²) in [5, 5.41) is 8.98. The molecule has 2 aliphatic rings. The average Bonchev–Trinajstić information content (AvgIpc) is 2.74. The van der Waals surface area contributed by atoms with Gasteiger partial charge in [0.05, 0.1) is 0 Å². The van der Waals surface area contributed by atoms with Crippen LogP contribution in [0.25, 0.3) is 0 Å². The lowest BCUT2D eigenvalue weighted by atomic mass is 9.81. The van der Waals surface area contributed by atoms with Gasteiger partial charge in [0.1, 0.15) is 6.04 Å². The third-order valence-electron chi connectivity index (χ3n) is 3.81. The number of piperidine rings is 1. The number of hydrogen-bond acceptors (Lipinski definition) is 3. The third-order valence-corrected chi connectivity index (χ3v) is 3.81. The van der Waals surface area contributed by atoms with E-state index < -0.39 is 0 Å². The molecule has 0 spiro atoms. The van der Waals surface area contributed by atoms with E-state index in [4.69, 9.17) is 0 Å². The maximum Gasteiger partial charge on any atom is 0.242 e. The van der Waals surface area contributed by atoms with Gasteiger partial charge in [0.2, 0.25) is 11.8 Å². The van der Waals surface area contributed by atoms with Gasteiger partial charge < -0.3 is 16.0 Å². The van der Waals surface area contributed by atoms with E-state index in [1.54, 1.807) is 0 Å². The first-order valence-corrected chi connectivity index (χ1v) is 6.37. The minimum atomic E-state index is -0.312. The minimum Gasteiger partial charge on any atom is -0.354 e. The van der Waals surface area contributed by atoms with Gasteiger partial charge in [-0.3, -0.25) is 9.59 Å². The highest BCUT2D eigenvalue weighted by Gasteiger charge is 2.30. The molecule has 0 bridgehead atoms. The molecule has 2 fully saturated rings. The lowest BCUT2D eigenvalue weighted by Crippen LogP contribution is -2.47. The molecule has 18 heavy (non-hydrogen) atoms. The van der Waals surface area contributed by atoms with Crippen LogP contribution in [0.2, 0.25) is 0 Å². The number of amides is 2. The monoisotopic (exact) mass is 275 g/mol. The van der Waals surface area contributed by atoms with Crippen LogP contribution in [0.4, 0.5) is 0 Å². The van der Waals surface area contributed by atoms with Crippen molar-refractivity contribution >= 4 is 24.2 Å². The first-order chi connectivity index (χ1) is 8.09. The largest absolute Gasteiger partial charge is 0.354 e. The number of carbonyl (C=O) groups excluding carboxylic acids is 2. The number of nitrogens with one attached hydrogen (secondary N) is 3. The number of halogens is 1. The maximum atomic E-state index is 11.8. The summed E-state index contributed by atoms with van der Waals surface area (Å²) in [5.74, 6) is -0.0474. The standard InChI is InChI=1S/C12H21N3O2.ClH/c1-12(4-6-13-7-5-12)8-14-11(17)9-2-3-10(16)15-9;/h9,13H,2-8H2,1H3,(H,14,17)(H,15,16);1H. The molecule has 0 aromatic carbocycles. The zero-order valence-corrected chi connectivity index (χ0v) is 11.6. The fourth-order valence-corrected chi connectivity index (χ4v) is 2.44. The quantitative estimate of drug-likeness (QED) is 0.689. The Bertz CT molecular complexity index is 316. The van der Waals surface area contributed by atoms with Crippen molar-refractivity contribution in [2.45, 2.75) is 38.6 Å². The molecular weight excluding hydrogens is 254 g/mol. The van der Waals surface area contributed by atoms with Crippen LogP contribution in [0.5, 0.6) is 0 Å². The van der Waals surface area contributed by atoms with Gasteiger partial charge in [-0.05, 0) is 37.8 Å². The number of rotatable bonds is 3. The Morgan fingerprint density at radius 3 is 2.67 bits per heavy atom. The molecule has 2 rings (SSSR count). The maximum absolute atomic E-state index is 11.8. The second-order valence-corrected chi connectivity index (χ2v) is 5.44. The smallest absolute Gasteiger partial charge is 0.242 e. The first kappa shape index (κ1) is 15.2. The topological polar surface area (TPSA) is 70.2 Å². The summed E-state index contributed by atoms with van der Waals surface area (Å²) in [4.78, 5) is 22.9. The summed E-state index contributed by atoms with van der Waals surface area (Å²) in [6.45, 7) is 4.96. The van der Waals surface area contributed by atoms with Crippen molar-refractivity contribution in [1.82, 2.24) is 16.0 Å². The van der Waals surface area contributed by atoms with E-state index in [0.29, 0.717) is 19.4 Å². The van der Waals surface area contributed by atoms with E-state index in [9.17, 15) is 9.59 Å². The van der Waals surface area contributed by atoms with E-state index in [-0.39, 0.29) is 35.7 Å². The molecule has 104 valence electrons. The van der Waals surface area contributed by atoms with E-state index in [0.717, 1.165) is 25.9 Å². The van der Waals surface area contributed by atoms with Crippen molar-refractivity contribution < 1.29 is 9.59 Å². The summed E-state index contributed by atoms with van der Waals surface area (Å²) in [6.07, 6.45) is 3.27. The predicted octanol–water partition coefficient (Wildman–Crippen LogP) is 0.193. The lowest BCUT2D eigenvalue weighted by molar-refractivity contribution is -0.126. The van der Waals surface area contributed by atoms with Crippen molar-refractivity contribution in [2.24, 2.45) is 5.41 Å². The number of hydrogen-bond donors (Lipinski definition) is 3. The molecule has 0 aromatic rings. The molecule has 0 aliphatic carbocycles. The zero-order valence-electron chi connectivity index (χ0n) is 10.8. The van der Waals surface area contributed by atoms with Crippen LogP contribution in [0.1, 0.15) is 32.6 Å². The molecule has 2 amide bonds. The van der Waals surface area contributed by atoms with E-state index >= 15 is 0 Å². The SMILES string of the molecule is CC1(CNC(=O)C2CCC(=O)N2)CCNCC1.Cl. The van der Waals surface area contributed by atoms with E-state index in [1.807, 2.05) is 0 Å². The lowest BCUT2D eigenvalue weighted by Gasteiger charge is -2.34. The Morgan fingerprint density at radius 1 is 1.44 bits per heavy atom. The van der Waals surface area contributed by atoms with Crippen molar-refractivity contribution in [1.29, 1.82) is 0 Å². The van der Waals surface area contributed by atoms with Crippen LogP contribution in [-0.2, 0) is 9.59 Å². The van der Waals surface area contributed by atoms with E-state index in [1.165, 1.54) is 0 Å². The van der Waals surface area contributed by atoms with Gasteiger partial charge >= 0.3 is 0 Å². The van der Waals surface area contributed by atoms with Crippen LogP contribution < -0.4 is 16.0 Å². The normalized spacial score (nSPS) is 26.1. The predicted molar refractivity (Wildman–Crippen MR) is 71.6 cm³/mol. The van der Waals surface area contributed by atoms with Gasteiger partial charge in [-0.2, -0.15) is 0 Å². The molecule has 3 N–H and O–H groups in total. The van der Waals surface area contributed by atoms with Crippen LogP contribution in [0.15, 0.2) is 0 Å². The molecule has 1 atom stereocenters. The molecule has 2 aliphatic heterocycles. The Hall–Kier alpha value is -0.810. The summed E-state index contributed by atoms with van der Waals surface area (Å²) >= 11 is 0. The Morgan fingerprint density at radius 2 is 2.11 bits per heavy atom. The molecule has 2 heterocycles. The van der Waals surface area contributed by atoms with Crippen LogP contribution in [0.3, 0.4) is 0 Å². The van der Waals surface area contributed by atoms with Crippen molar-refractivity contribution in [3.63, 3.8) is 0 Å². The fourth-order valence-electron chi connectivity index (χ4n) is 2.44. The van der Waals surface area contributed by atoms with Gasteiger partial charge in [0.25, 0.3) is 0 Å². The Labute approximate surface area is 114 Å². The van der Waals surface area contributed by atoms with Gasteiger partial charge in [0.15, 0.2) is 0 Å². The van der Waals surface area contributed by atoms with E-state index in [2.05, 4.69) is 22.9 Å². The molecule has 2 saturated heterocycles. The molecule has 0 radical (unpaired) electrons. The number of carbonyl (C=O) groups is 2. The van der Waals surface area contributed by atoms with Gasteiger partial charge in [0, 0.05) is 13.0 Å². The highest BCUT2D eigenvalue weighted by atomic mass is 35.5. The first-order valence-electron chi connectivity index (χ1n) is 6.37. The summed E-state index contributed by atoms with van der Waals surface area (Å²) in [5.41, 5.74) is 0.198. The minimum absolute atomic E-state index is 0. The Kier molecular flexibility index (Phi) is 5.41. The van der Waals surface area contributed by atoms with Gasteiger partial charge in [-0.1, -0.05) is 6.92 Å². The molecule has 6 heteroatoms. The highest BCUT2D eigenvalue weighted by Crippen LogP contribution is 2.26. The summed E-state index contributed by atoms with van der Waals surface area (Å²) in [6, 6.07) is -0.312. The summed E-state index contributed by atoms with van der Waals surface area (Å²) < 4.78 is 0. The second kappa shape index (κ2) is 6.38.